The first-order valence-corrected chi connectivity index (χ1v) is 10.6. The highest BCUT2D eigenvalue weighted by Crippen LogP contribution is 2.40. The van der Waals surface area contributed by atoms with E-state index >= 15 is 0 Å². The Kier molecular flexibility index (Phi) is 7.87. The number of benzene rings is 2. The predicted molar refractivity (Wildman–Crippen MR) is 115 cm³/mol. The van der Waals surface area contributed by atoms with Crippen LogP contribution in [0.15, 0.2) is 53.6 Å². The fourth-order valence-corrected chi connectivity index (χ4v) is 4.72. The van der Waals surface area contributed by atoms with Gasteiger partial charge in [0.1, 0.15) is 17.3 Å². The number of halogens is 6. The van der Waals surface area contributed by atoms with Crippen LogP contribution < -0.4 is 10.1 Å². The SMILES string of the molecule is CNCc1cn(S(=O)(=O)c2cccc(C(F)(F)F)c2)c(-c2ccc(Cl)cc2F)c1OC.Cl. The van der Waals surface area contributed by atoms with Crippen molar-refractivity contribution in [3.05, 3.63) is 70.6 Å². The maximum absolute atomic E-state index is 14.7. The molecule has 0 aliphatic heterocycles. The van der Waals surface area contributed by atoms with Crippen molar-refractivity contribution < 1.29 is 30.7 Å². The maximum Gasteiger partial charge on any atom is 0.416 e. The molecule has 0 saturated heterocycles. The standard InChI is InChI=1S/C20H17ClF4N2O3S.ClH/c1-26-10-12-11-27(18(19(12)30-2)16-7-6-14(21)9-17(16)22)31(28,29)15-5-3-4-13(8-15)20(23,24)25;/h3-9,11,26H,10H2,1-2H3;1H. The lowest BCUT2D eigenvalue weighted by molar-refractivity contribution is -0.137. The third kappa shape index (κ3) is 4.88. The van der Waals surface area contributed by atoms with Gasteiger partial charge in [-0.05, 0) is 43.4 Å². The molecule has 0 bridgehead atoms. The van der Waals surface area contributed by atoms with E-state index in [1.165, 1.54) is 25.4 Å². The molecule has 3 rings (SSSR count). The first kappa shape index (κ1) is 26.0. The number of hydrogen-bond acceptors (Lipinski definition) is 4. The molecule has 0 aliphatic rings. The quantitative estimate of drug-likeness (QED) is 0.452. The lowest BCUT2D eigenvalue weighted by atomic mass is 10.1. The fraction of sp³-hybridized carbons (Fsp3) is 0.200. The third-order valence-corrected chi connectivity index (χ3v) is 6.37. The second kappa shape index (κ2) is 9.70. The highest BCUT2D eigenvalue weighted by Gasteiger charge is 2.33. The minimum Gasteiger partial charge on any atom is -0.494 e. The van der Waals surface area contributed by atoms with E-state index in [0.717, 1.165) is 28.2 Å². The molecule has 0 radical (unpaired) electrons. The lowest BCUT2D eigenvalue weighted by Gasteiger charge is -2.14. The first-order valence-electron chi connectivity index (χ1n) is 8.81. The van der Waals surface area contributed by atoms with Gasteiger partial charge in [0, 0.05) is 28.9 Å². The first-order chi connectivity index (χ1) is 14.5. The van der Waals surface area contributed by atoms with Gasteiger partial charge in [-0.3, -0.25) is 0 Å². The number of rotatable bonds is 6. The van der Waals surface area contributed by atoms with E-state index < -0.39 is 32.5 Å². The van der Waals surface area contributed by atoms with Crippen molar-refractivity contribution in [2.45, 2.75) is 17.6 Å². The Morgan fingerprint density at radius 2 is 1.84 bits per heavy atom. The summed E-state index contributed by atoms with van der Waals surface area (Å²) in [6.07, 6.45) is -3.55. The van der Waals surface area contributed by atoms with E-state index in [4.69, 9.17) is 16.3 Å². The molecule has 0 spiro atoms. The molecule has 0 amide bonds. The summed E-state index contributed by atoms with van der Waals surface area (Å²) in [5.41, 5.74) is -1.06. The van der Waals surface area contributed by atoms with Gasteiger partial charge in [0.25, 0.3) is 10.0 Å². The third-order valence-electron chi connectivity index (χ3n) is 4.48. The highest BCUT2D eigenvalue weighted by molar-refractivity contribution is 7.90. The number of hydrogen-bond donors (Lipinski definition) is 1. The molecule has 0 aliphatic carbocycles. The molecule has 2 aromatic carbocycles. The molecule has 32 heavy (non-hydrogen) atoms. The molecule has 3 aromatic rings. The highest BCUT2D eigenvalue weighted by atomic mass is 35.5. The average molecular weight is 513 g/mol. The van der Waals surface area contributed by atoms with Crippen molar-refractivity contribution in [3.63, 3.8) is 0 Å². The molecule has 0 saturated carbocycles. The summed E-state index contributed by atoms with van der Waals surface area (Å²) in [5.74, 6) is -0.758. The zero-order valence-corrected chi connectivity index (χ0v) is 19.1. The van der Waals surface area contributed by atoms with Gasteiger partial charge in [-0.25, -0.2) is 16.8 Å². The Bertz CT molecular complexity index is 1230. The van der Waals surface area contributed by atoms with E-state index in [1.807, 2.05) is 0 Å². The smallest absolute Gasteiger partial charge is 0.416 e. The Morgan fingerprint density at radius 3 is 2.41 bits per heavy atom. The van der Waals surface area contributed by atoms with Gasteiger partial charge in [-0.2, -0.15) is 13.2 Å². The van der Waals surface area contributed by atoms with Crippen molar-refractivity contribution in [1.82, 2.24) is 9.29 Å². The number of alkyl halides is 3. The molecule has 0 fully saturated rings. The summed E-state index contributed by atoms with van der Waals surface area (Å²) in [6, 6.07) is 6.97. The summed E-state index contributed by atoms with van der Waals surface area (Å²) >= 11 is 5.81. The number of nitrogens with zero attached hydrogens (tertiary/aromatic N) is 1. The summed E-state index contributed by atoms with van der Waals surface area (Å²) < 4.78 is 86.9. The molecular formula is C20H18Cl2F4N2O3S. The van der Waals surface area contributed by atoms with Crippen LogP contribution in [-0.4, -0.2) is 26.5 Å². The maximum atomic E-state index is 14.7. The second-order valence-electron chi connectivity index (χ2n) is 6.52. The van der Waals surface area contributed by atoms with Crippen LogP contribution in [0.25, 0.3) is 11.3 Å². The van der Waals surface area contributed by atoms with Crippen molar-refractivity contribution >= 4 is 34.0 Å². The molecule has 1 heterocycles. The van der Waals surface area contributed by atoms with Gasteiger partial charge < -0.3 is 10.1 Å². The van der Waals surface area contributed by atoms with Gasteiger partial charge in [-0.15, -0.1) is 12.4 Å². The van der Waals surface area contributed by atoms with Crippen LogP contribution in [0.5, 0.6) is 5.75 Å². The van der Waals surface area contributed by atoms with Crippen LogP contribution in [0.2, 0.25) is 5.02 Å². The molecule has 1 N–H and O–H groups in total. The summed E-state index contributed by atoms with van der Waals surface area (Å²) in [5, 5.41) is 2.94. The van der Waals surface area contributed by atoms with Crippen LogP contribution in [0.4, 0.5) is 17.6 Å². The van der Waals surface area contributed by atoms with Gasteiger partial charge in [0.15, 0.2) is 0 Å². The van der Waals surface area contributed by atoms with Gasteiger partial charge in [-0.1, -0.05) is 17.7 Å². The van der Waals surface area contributed by atoms with Crippen molar-refractivity contribution in [2.75, 3.05) is 14.2 Å². The number of aromatic nitrogens is 1. The minimum atomic E-state index is -4.73. The van der Waals surface area contributed by atoms with Gasteiger partial charge in [0.05, 0.1) is 17.6 Å². The van der Waals surface area contributed by atoms with E-state index in [2.05, 4.69) is 5.32 Å². The number of nitrogens with one attached hydrogen (secondary N) is 1. The summed E-state index contributed by atoms with van der Waals surface area (Å²) in [7, 11) is -1.65. The van der Waals surface area contributed by atoms with Gasteiger partial charge >= 0.3 is 6.18 Å². The minimum absolute atomic E-state index is 0. The lowest BCUT2D eigenvalue weighted by Crippen LogP contribution is -2.15. The largest absolute Gasteiger partial charge is 0.494 e. The second-order valence-corrected chi connectivity index (χ2v) is 8.77. The normalized spacial score (nSPS) is 11.8. The van der Waals surface area contributed by atoms with Crippen LogP contribution in [0.3, 0.4) is 0 Å². The molecule has 5 nitrogen and oxygen atoms in total. The molecule has 174 valence electrons. The topological polar surface area (TPSA) is 60.3 Å². The number of methoxy groups -OCH3 is 1. The van der Waals surface area contributed by atoms with Crippen LogP contribution in [0, 0.1) is 5.82 Å². The summed E-state index contributed by atoms with van der Waals surface area (Å²) in [4.78, 5) is -0.605. The predicted octanol–water partition coefficient (Wildman–Crippen LogP) is 5.35. The van der Waals surface area contributed by atoms with Crippen molar-refractivity contribution in [1.29, 1.82) is 0 Å². The number of ether oxygens (including phenoxy) is 1. The Hall–Kier alpha value is -2.27. The Balaban J connectivity index is 0.00000363. The van der Waals surface area contributed by atoms with Crippen molar-refractivity contribution in [3.8, 4) is 17.0 Å². The average Bonchev–Trinajstić information content (AvgIpc) is 3.06. The van der Waals surface area contributed by atoms with Crippen molar-refractivity contribution in [2.24, 2.45) is 0 Å². The monoisotopic (exact) mass is 512 g/mol. The molecule has 12 heteroatoms. The van der Waals surface area contributed by atoms with E-state index in [-0.39, 0.29) is 41.0 Å². The Morgan fingerprint density at radius 1 is 1.16 bits per heavy atom. The van der Waals surface area contributed by atoms with Crippen LogP contribution in [-0.2, 0) is 22.7 Å². The zero-order chi connectivity index (χ0) is 23.0. The zero-order valence-electron chi connectivity index (χ0n) is 16.7. The molecular weight excluding hydrogens is 495 g/mol. The van der Waals surface area contributed by atoms with Crippen LogP contribution >= 0.6 is 24.0 Å². The van der Waals surface area contributed by atoms with E-state index in [1.54, 1.807) is 7.05 Å². The summed E-state index contributed by atoms with van der Waals surface area (Å²) in [6.45, 7) is 0.163. The van der Waals surface area contributed by atoms with Crippen LogP contribution in [0.1, 0.15) is 11.1 Å². The Labute approximate surface area is 193 Å². The van der Waals surface area contributed by atoms with E-state index in [9.17, 15) is 26.0 Å². The molecule has 0 unspecified atom stereocenters. The van der Waals surface area contributed by atoms with Gasteiger partial charge in [0.2, 0.25) is 0 Å². The fourth-order valence-electron chi connectivity index (χ4n) is 3.12. The molecule has 0 atom stereocenters. The molecule has 1 aromatic heterocycles. The van der Waals surface area contributed by atoms with E-state index in [0.29, 0.717) is 11.6 Å².